The van der Waals surface area contributed by atoms with Crippen LogP contribution in [0.2, 0.25) is 0 Å². The van der Waals surface area contributed by atoms with Crippen LogP contribution in [0.15, 0.2) is 0 Å². The lowest BCUT2D eigenvalue weighted by Gasteiger charge is -2.18. The number of rotatable bonds is 50. The highest BCUT2D eigenvalue weighted by molar-refractivity contribution is 5.71. The predicted molar refractivity (Wildman–Crippen MR) is 261 cm³/mol. The summed E-state index contributed by atoms with van der Waals surface area (Å²) in [5.41, 5.74) is 0. The van der Waals surface area contributed by atoms with E-state index in [0.717, 1.165) is 63.7 Å². The second-order valence-corrected chi connectivity index (χ2v) is 19.3. The molecule has 0 rings (SSSR count). The molecule has 1 atom stereocenters. The van der Waals surface area contributed by atoms with Crippen molar-refractivity contribution in [3.63, 3.8) is 0 Å². The fourth-order valence-electron chi connectivity index (χ4n) is 8.39. The highest BCUT2D eigenvalue weighted by Crippen LogP contribution is 2.17. The summed E-state index contributed by atoms with van der Waals surface area (Å²) in [6.45, 7) is 9.04. The Morgan fingerprint density at radius 2 is 0.541 bits per heavy atom. The van der Waals surface area contributed by atoms with Gasteiger partial charge in [0.1, 0.15) is 13.2 Å². The maximum atomic E-state index is 12.8. The molecule has 0 fully saturated rings. The zero-order valence-corrected chi connectivity index (χ0v) is 41.6. The molecule has 0 heterocycles. The van der Waals surface area contributed by atoms with E-state index in [9.17, 15) is 14.4 Å². The standard InChI is InChI=1S/C55H106O6/c1-5-7-9-11-13-15-17-18-19-20-21-24-28-32-36-40-44-48-55(58)61-52(49-59-53(56)46-42-38-34-30-16-14-12-10-8-6-2)50-60-54(57)47-43-39-35-31-27-25-22-23-26-29-33-37-41-45-51(3)4/h51-52H,5-50H2,1-4H3/t52-/m0/s1. The minimum absolute atomic E-state index is 0.0624. The molecule has 61 heavy (non-hydrogen) atoms. The maximum Gasteiger partial charge on any atom is 0.306 e. The SMILES string of the molecule is CCCCCCCCCCCCCCCCCCCC(=O)O[C@@H](COC(=O)CCCCCCCCCCCC)COC(=O)CCCCCCCCCCCCCCCC(C)C. The Hall–Kier alpha value is -1.59. The van der Waals surface area contributed by atoms with Gasteiger partial charge in [-0.05, 0) is 25.2 Å². The highest BCUT2D eigenvalue weighted by atomic mass is 16.6. The third kappa shape index (κ3) is 49.3. The van der Waals surface area contributed by atoms with Crippen LogP contribution < -0.4 is 0 Å². The summed E-state index contributed by atoms with van der Waals surface area (Å²) in [6, 6.07) is 0. The van der Waals surface area contributed by atoms with Crippen LogP contribution in [0, 0.1) is 5.92 Å². The molecule has 0 saturated carbocycles. The van der Waals surface area contributed by atoms with E-state index < -0.39 is 6.10 Å². The van der Waals surface area contributed by atoms with E-state index in [1.165, 1.54) is 205 Å². The lowest BCUT2D eigenvalue weighted by Crippen LogP contribution is -2.30. The van der Waals surface area contributed by atoms with E-state index >= 15 is 0 Å². The minimum atomic E-state index is -0.760. The molecule has 0 saturated heterocycles. The van der Waals surface area contributed by atoms with E-state index in [4.69, 9.17) is 14.2 Å². The first-order valence-electron chi connectivity index (χ1n) is 27.4. The molecule has 6 nitrogen and oxygen atoms in total. The molecule has 0 amide bonds. The molecule has 0 spiro atoms. The van der Waals surface area contributed by atoms with Crippen molar-refractivity contribution in [2.45, 2.75) is 316 Å². The fourth-order valence-corrected chi connectivity index (χ4v) is 8.39. The van der Waals surface area contributed by atoms with Crippen LogP contribution in [-0.2, 0) is 28.6 Å². The highest BCUT2D eigenvalue weighted by Gasteiger charge is 2.19. The summed E-state index contributed by atoms with van der Waals surface area (Å²) < 4.78 is 16.8. The van der Waals surface area contributed by atoms with Crippen molar-refractivity contribution in [3.8, 4) is 0 Å². The van der Waals surface area contributed by atoms with Gasteiger partial charge in [-0.3, -0.25) is 14.4 Å². The average Bonchev–Trinajstić information content (AvgIpc) is 3.24. The lowest BCUT2D eigenvalue weighted by atomic mass is 10.0. The molecular formula is C55H106O6. The van der Waals surface area contributed by atoms with Crippen LogP contribution in [0.5, 0.6) is 0 Å². The summed E-state index contributed by atoms with van der Waals surface area (Å²) in [5.74, 6) is -0.00151. The number of unbranched alkanes of at least 4 members (excludes halogenated alkanes) is 37. The monoisotopic (exact) mass is 863 g/mol. The molecule has 0 aliphatic carbocycles. The number of ether oxygens (including phenoxy) is 3. The Bertz CT molecular complexity index is 918. The van der Waals surface area contributed by atoms with Crippen molar-refractivity contribution >= 4 is 17.9 Å². The number of esters is 3. The predicted octanol–water partition coefficient (Wildman–Crippen LogP) is 17.8. The van der Waals surface area contributed by atoms with Gasteiger partial charge in [-0.25, -0.2) is 0 Å². The van der Waals surface area contributed by atoms with Crippen molar-refractivity contribution in [1.82, 2.24) is 0 Å². The van der Waals surface area contributed by atoms with Crippen molar-refractivity contribution in [1.29, 1.82) is 0 Å². The van der Waals surface area contributed by atoms with Crippen LogP contribution in [0.4, 0.5) is 0 Å². The van der Waals surface area contributed by atoms with Gasteiger partial charge in [0.05, 0.1) is 0 Å². The Kier molecular flexibility index (Phi) is 48.1. The molecule has 0 aromatic rings. The topological polar surface area (TPSA) is 78.9 Å². The van der Waals surface area contributed by atoms with Gasteiger partial charge in [-0.2, -0.15) is 0 Å². The second kappa shape index (κ2) is 49.4. The molecule has 6 heteroatoms. The summed E-state index contributed by atoms with van der Waals surface area (Å²) in [4.78, 5) is 38.0. The Morgan fingerprint density at radius 3 is 0.803 bits per heavy atom. The first-order chi connectivity index (χ1) is 29.9. The van der Waals surface area contributed by atoms with Gasteiger partial charge in [0.2, 0.25) is 0 Å². The zero-order valence-electron chi connectivity index (χ0n) is 41.6. The van der Waals surface area contributed by atoms with Gasteiger partial charge >= 0.3 is 17.9 Å². The largest absolute Gasteiger partial charge is 0.462 e. The molecule has 0 N–H and O–H groups in total. The number of carbonyl (C=O) groups excluding carboxylic acids is 3. The molecule has 0 radical (unpaired) electrons. The van der Waals surface area contributed by atoms with Gasteiger partial charge < -0.3 is 14.2 Å². The molecule has 0 unspecified atom stereocenters. The first-order valence-corrected chi connectivity index (χ1v) is 27.4. The van der Waals surface area contributed by atoms with Gasteiger partial charge in [-0.15, -0.1) is 0 Å². The van der Waals surface area contributed by atoms with Gasteiger partial charge in [0.15, 0.2) is 6.10 Å². The number of hydrogen-bond acceptors (Lipinski definition) is 6. The van der Waals surface area contributed by atoms with Crippen molar-refractivity contribution in [2.24, 2.45) is 5.92 Å². The smallest absolute Gasteiger partial charge is 0.306 e. The summed E-state index contributed by atoms with van der Waals surface area (Å²) in [6.07, 6.45) is 52.3. The third-order valence-corrected chi connectivity index (χ3v) is 12.5. The normalized spacial score (nSPS) is 12.0. The molecule has 362 valence electrons. The minimum Gasteiger partial charge on any atom is -0.462 e. The molecule has 0 bridgehead atoms. The Morgan fingerprint density at radius 1 is 0.311 bits per heavy atom. The van der Waals surface area contributed by atoms with Crippen molar-refractivity contribution < 1.29 is 28.6 Å². The molecule has 0 aromatic carbocycles. The summed E-state index contributed by atoms with van der Waals surface area (Å²) in [5, 5.41) is 0. The van der Waals surface area contributed by atoms with Gasteiger partial charge in [-0.1, -0.05) is 272 Å². The average molecular weight is 863 g/mol. The van der Waals surface area contributed by atoms with Crippen LogP contribution in [-0.4, -0.2) is 37.2 Å². The zero-order chi connectivity index (χ0) is 44.5. The van der Waals surface area contributed by atoms with Crippen LogP contribution in [0.3, 0.4) is 0 Å². The molecular weight excluding hydrogens is 757 g/mol. The maximum absolute atomic E-state index is 12.8. The van der Waals surface area contributed by atoms with E-state index in [1.54, 1.807) is 0 Å². The lowest BCUT2D eigenvalue weighted by molar-refractivity contribution is -0.167. The van der Waals surface area contributed by atoms with E-state index in [1.807, 2.05) is 0 Å². The van der Waals surface area contributed by atoms with Crippen LogP contribution in [0.25, 0.3) is 0 Å². The van der Waals surface area contributed by atoms with E-state index in [-0.39, 0.29) is 31.1 Å². The second-order valence-electron chi connectivity index (χ2n) is 19.3. The molecule has 0 aromatic heterocycles. The van der Waals surface area contributed by atoms with Gasteiger partial charge in [0.25, 0.3) is 0 Å². The summed E-state index contributed by atoms with van der Waals surface area (Å²) in [7, 11) is 0. The van der Waals surface area contributed by atoms with E-state index in [2.05, 4.69) is 27.7 Å². The van der Waals surface area contributed by atoms with Gasteiger partial charge in [0, 0.05) is 19.3 Å². The van der Waals surface area contributed by atoms with E-state index in [0.29, 0.717) is 19.3 Å². The molecule has 0 aliphatic rings. The third-order valence-electron chi connectivity index (χ3n) is 12.5. The van der Waals surface area contributed by atoms with Crippen molar-refractivity contribution in [2.75, 3.05) is 13.2 Å². The summed E-state index contributed by atoms with van der Waals surface area (Å²) >= 11 is 0. The Labute approximate surface area is 380 Å². The van der Waals surface area contributed by atoms with Crippen LogP contribution >= 0.6 is 0 Å². The number of hydrogen-bond donors (Lipinski definition) is 0. The number of carbonyl (C=O) groups is 3. The molecule has 0 aliphatic heterocycles. The fraction of sp³-hybridized carbons (Fsp3) is 0.945. The Balaban J connectivity index is 4.26. The van der Waals surface area contributed by atoms with Crippen molar-refractivity contribution in [3.05, 3.63) is 0 Å². The quantitative estimate of drug-likeness (QED) is 0.0344. The van der Waals surface area contributed by atoms with Crippen LogP contribution in [0.1, 0.15) is 310 Å². The first kappa shape index (κ1) is 59.4.